The van der Waals surface area contributed by atoms with Crippen LogP contribution in [-0.2, 0) is 0 Å². The third kappa shape index (κ3) is 4.78. The van der Waals surface area contributed by atoms with Crippen LogP contribution in [0.4, 0.5) is 5.82 Å². The predicted octanol–water partition coefficient (Wildman–Crippen LogP) is 6.33. The number of hydrogen-bond acceptors (Lipinski definition) is 4. The van der Waals surface area contributed by atoms with Gasteiger partial charge in [-0.2, -0.15) is 9.61 Å². The maximum absolute atomic E-state index is 13.0. The maximum atomic E-state index is 13.0. The van der Waals surface area contributed by atoms with Gasteiger partial charge in [-0.05, 0) is 36.4 Å². The molecule has 0 N–H and O–H groups in total. The summed E-state index contributed by atoms with van der Waals surface area (Å²) in [6, 6.07) is 28.9. The predicted molar refractivity (Wildman–Crippen MR) is 148 cm³/mol. The van der Waals surface area contributed by atoms with E-state index in [4.69, 9.17) is 33.3 Å². The molecule has 3 heterocycles. The van der Waals surface area contributed by atoms with Gasteiger partial charge in [0.05, 0.1) is 11.4 Å². The summed E-state index contributed by atoms with van der Waals surface area (Å²) >= 11 is 12.2. The molecule has 0 atom stereocenters. The number of aromatic nitrogens is 3. The lowest BCUT2D eigenvalue weighted by Crippen LogP contribution is -2.49. The number of anilines is 1. The van der Waals surface area contributed by atoms with Gasteiger partial charge in [-0.15, -0.1) is 0 Å². The van der Waals surface area contributed by atoms with E-state index >= 15 is 0 Å². The van der Waals surface area contributed by atoms with Crippen molar-refractivity contribution >= 4 is 40.6 Å². The van der Waals surface area contributed by atoms with Gasteiger partial charge in [0.1, 0.15) is 5.82 Å². The minimum Gasteiger partial charge on any atom is -0.353 e. The fourth-order valence-corrected chi connectivity index (χ4v) is 4.96. The Kier molecular flexibility index (Phi) is 6.28. The Balaban J connectivity index is 1.34. The number of halogens is 2. The third-order valence-corrected chi connectivity index (χ3v) is 7.07. The molecule has 6 nitrogen and oxygen atoms in total. The first kappa shape index (κ1) is 23.5. The second kappa shape index (κ2) is 9.88. The van der Waals surface area contributed by atoms with Gasteiger partial charge in [-0.3, -0.25) is 4.79 Å². The largest absolute Gasteiger partial charge is 0.353 e. The minimum atomic E-state index is 0.0171. The Labute approximate surface area is 224 Å². The Bertz CT molecular complexity index is 1580. The molecule has 6 rings (SSSR count). The maximum Gasteiger partial charge on any atom is 0.253 e. The zero-order chi connectivity index (χ0) is 25.4. The fourth-order valence-electron chi connectivity index (χ4n) is 4.64. The summed E-state index contributed by atoms with van der Waals surface area (Å²) < 4.78 is 1.89. The van der Waals surface area contributed by atoms with Crippen molar-refractivity contribution in [3.8, 4) is 22.5 Å². The van der Waals surface area contributed by atoms with Gasteiger partial charge in [-0.25, -0.2) is 4.98 Å². The first-order valence-corrected chi connectivity index (χ1v) is 12.8. The first-order chi connectivity index (χ1) is 18.0. The average Bonchev–Trinajstić information content (AvgIpc) is 3.38. The zero-order valence-electron chi connectivity index (χ0n) is 19.9. The molecule has 0 bridgehead atoms. The van der Waals surface area contributed by atoms with E-state index in [2.05, 4.69) is 23.1 Å². The first-order valence-electron chi connectivity index (χ1n) is 12.1. The molecule has 5 aromatic rings. The van der Waals surface area contributed by atoms with Gasteiger partial charge < -0.3 is 9.80 Å². The van der Waals surface area contributed by atoms with E-state index in [1.165, 1.54) is 0 Å². The van der Waals surface area contributed by atoms with Crippen LogP contribution in [0.2, 0.25) is 10.0 Å². The van der Waals surface area contributed by atoms with E-state index in [0.717, 1.165) is 34.0 Å². The van der Waals surface area contributed by atoms with Crippen molar-refractivity contribution in [1.29, 1.82) is 0 Å². The van der Waals surface area contributed by atoms with Gasteiger partial charge in [0, 0.05) is 65.0 Å². The molecule has 1 saturated heterocycles. The number of hydrogen-bond donors (Lipinski definition) is 0. The zero-order valence-corrected chi connectivity index (χ0v) is 21.4. The number of carbonyl (C=O) groups excluding carboxylic acids is 1. The van der Waals surface area contributed by atoms with E-state index < -0.39 is 0 Å². The Morgan fingerprint density at radius 3 is 2.16 bits per heavy atom. The number of carbonyl (C=O) groups is 1. The van der Waals surface area contributed by atoms with Crippen LogP contribution in [0.5, 0.6) is 0 Å². The van der Waals surface area contributed by atoms with Gasteiger partial charge in [0.25, 0.3) is 5.91 Å². The number of fused-ring (bicyclic) bond motifs is 1. The van der Waals surface area contributed by atoms with Crippen LogP contribution in [0.3, 0.4) is 0 Å². The summed E-state index contributed by atoms with van der Waals surface area (Å²) in [5.74, 6) is 0.958. The van der Waals surface area contributed by atoms with Gasteiger partial charge in [0.2, 0.25) is 0 Å². The molecule has 8 heteroatoms. The van der Waals surface area contributed by atoms with Gasteiger partial charge in [-0.1, -0.05) is 65.7 Å². The highest BCUT2D eigenvalue weighted by Gasteiger charge is 2.25. The molecule has 2 aromatic heterocycles. The van der Waals surface area contributed by atoms with Crippen LogP contribution in [0.25, 0.3) is 28.2 Å². The van der Waals surface area contributed by atoms with Crippen LogP contribution >= 0.6 is 23.2 Å². The van der Waals surface area contributed by atoms with Crippen LogP contribution in [0.1, 0.15) is 10.4 Å². The van der Waals surface area contributed by atoms with Crippen molar-refractivity contribution in [2.24, 2.45) is 0 Å². The summed E-state index contributed by atoms with van der Waals surface area (Å²) in [5.41, 5.74) is 5.05. The summed E-state index contributed by atoms with van der Waals surface area (Å²) in [5, 5.41) is 6.19. The third-order valence-electron chi connectivity index (χ3n) is 6.58. The Morgan fingerprint density at radius 2 is 1.43 bits per heavy atom. The summed E-state index contributed by atoms with van der Waals surface area (Å²) in [6.07, 6.45) is 0. The summed E-state index contributed by atoms with van der Waals surface area (Å²) in [6.45, 7) is 2.57. The van der Waals surface area contributed by atoms with Crippen molar-refractivity contribution in [2.45, 2.75) is 0 Å². The second-order valence-corrected chi connectivity index (χ2v) is 9.83. The van der Waals surface area contributed by atoms with E-state index in [1.807, 2.05) is 57.9 Å². The monoisotopic (exact) mass is 527 g/mol. The van der Waals surface area contributed by atoms with Crippen molar-refractivity contribution in [1.82, 2.24) is 19.5 Å². The van der Waals surface area contributed by atoms with Crippen molar-refractivity contribution < 1.29 is 4.79 Å². The highest BCUT2D eigenvalue weighted by molar-refractivity contribution is 6.31. The lowest BCUT2D eigenvalue weighted by molar-refractivity contribution is 0.0746. The Hall–Kier alpha value is -3.87. The lowest BCUT2D eigenvalue weighted by atomic mass is 10.1. The molecule has 0 spiro atoms. The molecule has 3 aromatic carbocycles. The van der Waals surface area contributed by atoms with Crippen molar-refractivity contribution in [2.75, 3.05) is 31.1 Å². The van der Waals surface area contributed by atoms with Crippen LogP contribution in [-0.4, -0.2) is 51.6 Å². The number of amides is 1. The molecule has 37 heavy (non-hydrogen) atoms. The molecule has 0 radical (unpaired) electrons. The normalized spacial score (nSPS) is 13.8. The molecular weight excluding hydrogens is 505 g/mol. The molecule has 1 aliphatic heterocycles. The topological polar surface area (TPSA) is 53.7 Å². The number of nitrogens with zero attached hydrogens (tertiary/aromatic N) is 5. The second-order valence-electron chi connectivity index (χ2n) is 8.96. The summed E-state index contributed by atoms with van der Waals surface area (Å²) in [7, 11) is 0. The van der Waals surface area contributed by atoms with Crippen LogP contribution in [0, 0.1) is 0 Å². The highest BCUT2D eigenvalue weighted by Crippen LogP contribution is 2.29. The van der Waals surface area contributed by atoms with Crippen molar-refractivity contribution in [3.63, 3.8) is 0 Å². The standard InChI is InChI=1S/C29H23Cl2N5O/c30-23-11-9-21(10-12-23)29(37)35-15-13-34(14-16-35)28-19-25(20-5-2-1-3-6-20)32-27-18-26(33-36(27)28)22-7-4-8-24(31)17-22/h1-12,17-19H,13-16H2. The van der Waals surface area contributed by atoms with Crippen molar-refractivity contribution in [3.05, 3.63) is 107 Å². The smallest absolute Gasteiger partial charge is 0.253 e. The van der Waals surface area contributed by atoms with E-state index in [9.17, 15) is 4.79 Å². The molecule has 0 saturated carbocycles. The van der Waals surface area contributed by atoms with Crippen LogP contribution < -0.4 is 4.90 Å². The Morgan fingerprint density at radius 1 is 0.703 bits per heavy atom. The van der Waals surface area contributed by atoms with Gasteiger partial charge >= 0.3 is 0 Å². The fraction of sp³-hybridized carbons (Fsp3) is 0.138. The number of benzene rings is 3. The molecule has 1 aliphatic rings. The highest BCUT2D eigenvalue weighted by atomic mass is 35.5. The number of piperazine rings is 1. The van der Waals surface area contributed by atoms with E-state index in [0.29, 0.717) is 41.8 Å². The molecule has 184 valence electrons. The molecular formula is C29H23Cl2N5O. The number of rotatable bonds is 4. The average molecular weight is 528 g/mol. The minimum absolute atomic E-state index is 0.0171. The van der Waals surface area contributed by atoms with Gasteiger partial charge in [0.15, 0.2) is 5.65 Å². The van der Waals surface area contributed by atoms with E-state index in [-0.39, 0.29) is 5.91 Å². The molecule has 1 fully saturated rings. The van der Waals surface area contributed by atoms with Crippen LogP contribution in [0.15, 0.2) is 91.0 Å². The van der Waals surface area contributed by atoms with E-state index in [1.54, 1.807) is 24.3 Å². The SMILES string of the molecule is O=C(c1ccc(Cl)cc1)N1CCN(c2cc(-c3ccccc3)nc3cc(-c4cccc(Cl)c4)nn23)CC1. The molecule has 0 aliphatic carbocycles. The quantitative estimate of drug-likeness (QED) is 0.274. The molecule has 1 amide bonds. The summed E-state index contributed by atoms with van der Waals surface area (Å²) in [4.78, 5) is 22.1. The lowest BCUT2D eigenvalue weighted by Gasteiger charge is -2.36. The molecule has 0 unspecified atom stereocenters.